The molecule has 0 aromatic heterocycles. The standard InChI is InChI=1S/C11H11ClN4O3S/c12-8-1-2-9(11(14)7(8)4-13)16-5-6(3-10(16)17)20(15,18)19/h1-2,6H,3,5,14H2,(H2,15,18,19). The van der Waals surface area contributed by atoms with Crippen LogP contribution in [-0.4, -0.2) is 26.1 Å². The molecule has 4 N–H and O–H groups in total. The lowest BCUT2D eigenvalue weighted by Crippen LogP contribution is -2.32. The number of hydrogen-bond acceptors (Lipinski definition) is 5. The number of rotatable bonds is 2. The summed E-state index contributed by atoms with van der Waals surface area (Å²) in [6.07, 6.45) is -0.206. The van der Waals surface area contributed by atoms with Crippen molar-refractivity contribution in [2.24, 2.45) is 5.14 Å². The van der Waals surface area contributed by atoms with Crippen molar-refractivity contribution in [2.75, 3.05) is 17.2 Å². The first-order valence-corrected chi connectivity index (χ1v) is 7.54. The van der Waals surface area contributed by atoms with Gasteiger partial charge in [-0.1, -0.05) is 11.6 Å². The molecular formula is C11H11ClN4O3S. The van der Waals surface area contributed by atoms with E-state index in [0.29, 0.717) is 0 Å². The number of halogens is 1. The van der Waals surface area contributed by atoms with Gasteiger partial charge in [0.1, 0.15) is 11.3 Å². The molecule has 1 aromatic carbocycles. The summed E-state index contributed by atoms with van der Waals surface area (Å²) >= 11 is 5.82. The Morgan fingerprint density at radius 2 is 2.10 bits per heavy atom. The van der Waals surface area contributed by atoms with E-state index in [9.17, 15) is 13.2 Å². The molecule has 1 aromatic rings. The molecule has 106 valence electrons. The summed E-state index contributed by atoms with van der Waals surface area (Å²) in [6, 6.07) is 4.75. The van der Waals surface area contributed by atoms with Crippen molar-refractivity contribution in [3.05, 3.63) is 22.7 Å². The van der Waals surface area contributed by atoms with Gasteiger partial charge in [0, 0.05) is 13.0 Å². The smallest absolute Gasteiger partial charge is 0.228 e. The quantitative estimate of drug-likeness (QED) is 0.752. The fourth-order valence-corrected chi connectivity index (χ4v) is 3.00. The van der Waals surface area contributed by atoms with Gasteiger partial charge in [0.05, 0.1) is 22.0 Å². The zero-order chi connectivity index (χ0) is 15.1. The Morgan fingerprint density at radius 3 is 2.60 bits per heavy atom. The van der Waals surface area contributed by atoms with Crippen LogP contribution in [0.3, 0.4) is 0 Å². The van der Waals surface area contributed by atoms with Gasteiger partial charge in [0.15, 0.2) is 0 Å². The molecule has 1 fully saturated rings. The SMILES string of the molecule is N#Cc1c(Cl)ccc(N2CC(S(N)(=O)=O)CC2=O)c1N. The highest BCUT2D eigenvalue weighted by atomic mass is 35.5. The molecule has 2 rings (SSSR count). The monoisotopic (exact) mass is 314 g/mol. The van der Waals surface area contributed by atoms with Crippen LogP contribution in [0.25, 0.3) is 0 Å². The summed E-state index contributed by atoms with van der Waals surface area (Å²) in [5, 5.41) is 13.2. The number of nitriles is 1. The highest BCUT2D eigenvalue weighted by Gasteiger charge is 2.38. The van der Waals surface area contributed by atoms with Gasteiger partial charge >= 0.3 is 0 Å². The Morgan fingerprint density at radius 1 is 1.45 bits per heavy atom. The number of amides is 1. The number of nitrogens with zero attached hydrogens (tertiary/aromatic N) is 2. The number of nitrogens with two attached hydrogens (primary N) is 2. The highest BCUT2D eigenvalue weighted by molar-refractivity contribution is 7.89. The Bertz CT molecular complexity index is 726. The molecule has 1 aliphatic rings. The molecule has 0 radical (unpaired) electrons. The molecule has 1 amide bonds. The van der Waals surface area contributed by atoms with Gasteiger partial charge in [-0.25, -0.2) is 13.6 Å². The van der Waals surface area contributed by atoms with Crippen LogP contribution in [0.5, 0.6) is 0 Å². The second kappa shape index (κ2) is 4.94. The predicted molar refractivity (Wildman–Crippen MR) is 74.4 cm³/mol. The topological polar surface area (TPSA) is 130 Å². The van der Waals surface area contributed by atoms with Crippen LogP contribution in [0, 0.1) is 11.3 Å². The van der Waals surface area contributed by atoms with Gasteiger partial charge in [0.2, 0.25) is 15.9 Å². The number of hydrogen-bond donors (Lipinski definition) is 2. The van der Waals surface area contributed by atoms with Crippen molar-refractivity contribution < 1.29 is 13.2 Å². The normalized spacial score (nSPS) is 19.1. The van der Waals surface area contributed by atoms with Crippen LogP contribution in [0.15, 0.2) is 12.1 Å². The van der Waals surface area contributed by atoms with Gasteiger partial charge in [-0.05, 0) is 12.1 Å². The number of nitrogen functional groups attached to an aromatic ring is 1. The van der Waals surface area contributed by atoms with Crippen LogP contribution in [-0.2, 0) is 14.8 Å². The zero-order valence-corrected chi connectivity index (χ0v) is 11.8. The molecule has 1 heterocycles. The fourth-order valence-electron chi connectivity index (χ4n) is 2.06. The Balaban J connectivity index is 2.44. The molecule has 9 heteroatoms. The van der Waals surface area contributed by atoms with Crippen molar-refractivity contribution in [2.45, 2.75) is 11.7 Å². The molecule has 1 saturated heterocycles. The number of anilines is 2. The summed E-state index contributed by atoms with van der Waals surface area (Å²) in [7, 11) is -3.81. The molecule has 7 nitrogen and oxygen atoms in total. The Hall–Kier alpha value is -1.82. The third-order valence-corrected chi connectivity index (χ3v) is 4.69. The maximum absolute atomic E-state index is 11.9. The second-order valence-electron chi connectivity index (χ2n) is 4.39. The van der Waals surface area contributed by atoms with E-state index in [-0.39, 0.29) is 34.9 Å². The van der Waals surface area contributed by atoms with Crippen LogP contribution in [0.4, 0.5) is 11.4 Å². The van der Waals surface area contributed by atoms with Crippen molar-refractivity contribution in [1.82, 2.24) is 0 Å². The van der Waals surface area contributed by atoms with Crippen molar-refractivity contribution in [3.8, 4) is 6.07 Å². The molecule has 1 aliphatic heterocycles. The lowest BCUT2D eigenvalue weighted by Gasteiger charge is -2.19. The first-order valence-electron chi connectivity index (χ1n) is 5.55. The number of sulfonamides is 1. The van der Waals surface area contributed by atoms with Crippen LogP contribution < -0.4 is 15.8 Å². The molecule has 0 spiro atoms. The molecule has 20 heavy (non-hydrogen) atoms. The lowest BCUT2D eigenvalue weighted by molar-refractivity contribution is -0.117. The summed E-state index contributed by atoms with van der Waals surface area (Å²) in [5.74, 6) is -0.415. The summed E-state index contributed by atoms with van der Waals surface area (Å²) in [4.78, 5) is 13.1. The van der Waals surface area contributed by atoms with E-state index in [1.807, 2.05) is 6.07 Å². The van der Waals surface area contributed by atoms with Gasteiger partial charge in [0.25, 0.3) is 0 Å². The van der Waals surface area contributed by atoms with Crippen molar-refractivity contribution in [3.63, 3.8) is 0 Å². The summed E-state index contributed by atoms with van der Waals surface area (Å²) < 4.78 is 22.6. The van der Waals surface area contributed by atoms with E-state index in [0.717, 1.165) is 0 Å². The predicted octanol–water partition coefficient (Wildman–Crippen LogP) is 0.188. The minimum Gasteiger partial charge on any atom is -0.396 e. The molecule has 1 unspecified atom stereocenters. The molecule has 1 atom stereocenters. The van der Waals surface area contributed by atoms with E-state index >= 15 is 0 Å². The Kier molecular flexibility index (Phi) is 3.60. The van der Waals surface area contributed by atoms with E-state index in [1.54, 1.807) is 0 Å². The number of benzene rings is 1. The van der Waals surface area contributed by atoms with Crippen LogP contribution in [0.1, 0.15) is 12.0 Å². The van der Waals surface area contributed by atoms with Crippen molar-refractivity contribution in [1.29, 1.82) is 5.26 Å². The van der Waals surface area contributed by atoms with E-state index < -0.39 is 21.2 Å². The molecule has 0 aliphatic carbocycles. The third kappa shape index (κ3) is 2.43. The van der Waals surface area contributed by atoms with E-state index in [1.165, 1.54) is 17.0 Å². The Labute approximate surface area is 120 Å². The van der Waals surface area contributed by atoms with Gasteiger partial charge in [-0.2, -0.15) is 5.26 Å². The lowest BCUT2D eigenvalue weighted by atomic mass is 10.1. The maximum atomic E-state index is 11.9. The summed E-state index contributed by atoms with van der Waals surface area (Å²) in [6.45, 7) is -0.0889. The first-order chi connectivity index (χ1) is 9.25. The zero-order valence-electron chi connectivity index (χ0n) is 10.2. The van der Waals surface area contributed by atoms with Gasteiger partial charge < -0.3 is 10.6 Å². The number of carbonyl (C=O) groups excluding carboxylic acids is 1. The summed E-state index contributed by atoms with van der Waals surface area (Å²) in [5.41, 5.74) is 6.17. The molecule has 0 bridgehead atoms. The minimum atomic E-state index is -3.81. The van der Waals surface area contributed by atoms with E-state index in [4.69, 9.17) is 27.7 Å². The number of primary sulfonamides is 1. The number of carbonyl (C=O) groups is 1. The molecular weight excluding hydrogens is 304 g/mol. The van der Waals surface area contributed by atoms with Crippen molar-refractivity contribution >= 4 is 38.9 Å². The molecule has 0 saturated carbocycles. The minimum absolute atomic E-state index is 0.0448. The van der Waals surface area contributed by atoms with Crippen LogP contribution in [0.2, 0.25) is 5.02 Å². The second-order valence-corrected chi connectivity index (χ2v) is 6.64. The average molecular weight is 315 g/mol. The fraction of sp³-hybridized carbons (Fsp3) is 0.273. The average Bonchev–Trinajstić information content (AvgIpc) is 2.72. The highest BCUT2D eigenvalue weighted by Crippen LogP contribution is 2.34. The van der Waals surface area contributed by atoms with Crippen LogP contribution >= 0.6 is 11.6 Å². The maximum Gasteiger partial charge on any atom is 0.228 e. The van der Waals surface area contributed by atoms with Gasteiger partial charge in [-0.3, -0.25) is 4.79 Å². The van der Waals surface area contributed by atoms with Gasteiger partial charge in [-0.15, -0.1) is 0 Å². The van der Waals surface area contributed by atoms with E-state index in [2.05, 4.69) is 0 Å². The first kappa shape index (κ1) is 14.6. The third-order valence-electron chi connectivity index (χ3n) is 3.13. The largest absolute Gasteiger partial charge is 0.396 e.